The molecule has 0 aliphatic rings. The van der Waals surface area contributed by atoms with Crippen molar-refractivity contribution >= 4 is 11.7 Å². The number of halogens is 3. The Balaban J connectivity index is 2.97. The van der Waals surface area contributed by atoms with Gasteiger partial charge in [-0.05, 0) is 12.1 Å². The van der Waals surface area contributed by atoms with Gasteiger partial charge in [-0.15, -0.1) is 0 Å². The number of carbonyl (C=O) groups is 1. The molecule has 0 atom stereocenters. The lowest BCUT2D eigenvalue weighted by molar-refractivity contribution is -0.141. The van der Waals surface area contributed by atoms with Crippen LogP contribution in [0.2, 0.25) is 0 Å². The molecule has 0 bridgehead atoms. The smallest absolute Gasteiger partial charge is 0.395 e. The van der Waals surface area contributed by atoms with Gasteiger partial charge in [0.2, 0.25) is 0 Å². The Morgan fingerprint density at radius 1 is 1.40 bits per heavy atom. The van der Waals surface area contributed by atoms with Crippen LogP contribution >= 0.6 is 0 Å². The van der Waals surface area contributed by atoms with Gasteiger partial charge in [0.25, 0.3) is 5.91 Å². The van der Waals surface area contributed by atoms with E-state index >= 15 is 0 Å². The Labute approximate surface area is 114 Å². The summed E-state index contributed by atoms with van der Waals surface area (Å²) < 4.78 is 37.2. The average Bonchev–Trinajstić information content (AvgIpc) is 2.36. The molecule has 1 aromatic rings. The molecule has 0 radical (unpaired) electrons. The molecular weight excluding hydrogens is 275 g/mol. The maximum Gasteiger partial charge on any atom is 0.406 e. The van der Waals surface area contributed by atoms with Crippen molar-refractivity contribution in [3.63, 3.8) is 0 Å². The maximum absolute atomic E-state index is 12.4. The van der Waals surface area contributed by atoms with Crippen molar-refractivity contribution in [2.75, 3.05) is 38.7 Å². The molecule has 0 aliphatic heterocycles. The molecule has 112 valence electrons. The summed E-state index contributed by atoms with van der Waals surface area (Å²) in [6.45, 7) is -2.31. The van der Waals surface area contributed by atoms with E-state index in [1.165, 1.54) is 18.3 Å². The van der Waals surface area contributed by atoms with Crippen LogP contribution in [0.15, 0.2) is 18.3 Å². The summed E-state index contributed by atoms with van der Waals surface area (Å²) in [6.07, 6.45) is -3.16. The van der Waals surface area contributed by atoms with Crippen LogP contribution in [-0.4, -0.2) is 60.9 Å². The minimum absolute atomic E-state index is 0.0985. The van der Waals surface area contributed by atoms with Gasteiger partial charge in [-0.1, -0.05) is 0 Å². The second-order valence-corrected chi connectivity index (χ2v) is 4.36. The number of nitrogens with zero attached hydrogens (tertiary/aromatic N) is 3. The maximum atomic E-state index is 12.4. The zero-order chi connectivity index (χ0) is 15.3. The molecule has 1 N–H and O–H groups in total. The predicted molar refractivity (Wildman–Crippen MR) is 67.6 cm³/mol. The topological polar surface area (TPSA) is 56.7 Å². The number of anilines is 1. The van der Waals surface area contributed by atoms with Crippen LogP contribution in [0.3, 0.4) is 0 Å². The van der Waals surface area contributed by atoms with Gasteiger partial charge in [-0.3, -0.25) is 4.79 Å². The second-order valence-electron chi connectivity index (χ2n) is 4.36. The SMILES string of the molecule is CN(C)c1cc(C(=O)N(CCO)CC(F)(F)F)ccn1. The third-order valence-electron chi connectivity index (χ3n) is 2.48. The van der Waals surface area contributed by atoms with Crippen LogP contribution in [0.4, 0.5) is 19.0 Å². The van der Waals surface area contributed by atoms with Crippen molar-refractivity contribution in [3.8, 4) is 0 Å². The summed E-state index contributed by atoms with van der Waals surface area (Å²) >= 11 is 0. The fourth-order valence-corrected chi connectivity index (χ4v) is 1.57. The van der Waals surface area contributed by atoms with E-state index in [0.717, 1.165) is 0 Å². The quantitative estimate of drug-likeness (QED) is 0.884. The lowest BCUT2D eigenvalue weighted by Crippen LogP contribution is -2.40. The van der Waals surface area contributed by atoms with E-state index < -0.39 is 25.2 Å². The zero-order valence-electron chi connectivity index (χ0n) is 11.2. The lowest BCUT2D eigenvalue weighted by Gasteiger charge is -2.23. The van der Waals surface area contributed by atoms with Crippen LogP contribution in [-0.2, 0) is 0 Å². The molecule has 0 saturated carbocycles. The Bertz CT molecular complexity index is 464. The highest BCUT2D eigenvalue weighted by molar-refractivity contribution is 5.94. The fourth-order valence-electron chi connectivity index (χ4n) is 1.57. The van der Waals surface area contributed by atoms with Crippen LogP contribution < -0.4 is 4.90 Å². The number of aliphatic hydroxyl groups is 1. The third-order valence-corrected chi connectivity index (χ3v) is 2.48. The highest BCUT2D eigenvalue weighted by Crippen LogP contribution is 2.19. The Kier molecular flexibility index (Phi) is 5.32. The minimum Gasteiger partial charge on any atom is -0.395 e. The van der Waals surface area contributed by atoms with Crippen molar-refractivity contribution in [2.45, 2.75) is 6.18 Å². The minimum atomic E-state index is -4.51. The van der Waals surface area contributed by atoms with E-state index in [0.29, 0.717) is 10.7 Å². The average molecular weight is 291 g/mol. The zero-order valence-corrected chi connectivity index (χ0v) is 11.2. The molecule has 0 unspecified atom stereocenters. The van der Waals surface area contributed by atoms with E-state index in [1.54, 1.807) is 19.0 Å². The molecule has 5 nitrogen and oxygen atoms in total. The number of carbonyl (C=O) groups excluding carboxylic acids is 1. The monoisotopic (exact) mass is 291 g/mol. The van der Waals surface area contributed by atoms with Crippen molar-refractivity contribution in [1.82, 2.24) is 9.88 Å². The lowest BCUT2D eigenvalue weighted by atomic mass is 10.2. The molecule has 0 aromatic carbocycles. The molecule has 0 saturated heterocycles. The van der Waals surface area contributed by atoms with Gasteiger partial charge in [0.1, 0.15) is 12.4 Å². The number of hydrogen-bond acceptors (Lipinski definition) is 4. The summed E-state index contributed by atoms with van der Waals surface area (Å²) in [5.74, 6) is -0.325. The summed E-state index contributed by atoms with van der Waals surface area (Å²) in [5, 5.41) is 8.79. The summed E-state index contributed by atoms with van der Waals surface area (Å²) in [6, 6.07) is 2.75. The number of aromatic nitrogens is 1. The Hall–Kier alpha value is -1.83. The first kappa shape index (κ1) is 16.2. The number of alkyl halides is 3. The predicted octanol–water partition coefficient (Wildman–Crippen LogP) is 1.14. The van der Waals surface area contributed by atoms with Crippen LogP contribution in [0.5, 0.6) is 0 Å². The van der Waals surface area contributed by atoms with Gasteiger partial charge in [-0.25, -0.2) is 4.98 Å². The van der Waals surface area contributed by atoms with E-state index in [1.807, 2.05) is 0 Å². The van der Waals surface area contributed by atoms with Gasteiger partial charge >= 0.3 is 6.18 Å². The van der Waals surface area contributed by atoms with Crippen molar-refractivity contribution in [1.29, 1.82) is 0 Å². The molecular formula is C12H16F3N3O2. The fraction of sp³-hybridized carbons (Fsp3) is 0.500. The largest absolute Gasteiger partial charge is 0.406 e. The van der Waals surface area contributed by atoms with Gasteiger partial charge in [-0.2, -0.15) is 13.2 Å². The molecule has 1 aromatic heterocycles. The number of amides is 1. The normalized spacial score (nSPS) is 11.3. The molecule has 0 spiro atoms. The van der Waals surface area contributed by atoms with Crippen molar-refractivity contribution in [3.05, 3.63) is 23.9 Å². The first-order chi connectivity index (χ1) is 9.24. The summed E-state index contributed by atoms with van der Waals surface area (Å²) in [7, 11) is 3.41. The highest BCUT2D eigenvalue weighted by atomic mass is 19.4. The first-order valence-corrected chi connectivity index (χ1v) is 5.85. The molecule has 0 fully saturated rings. The van der Waals surface area contributed by atoms with E-state index in [2.05, 4.69) is 4.98 Å². The molecule has 8 heteroatoms. The van der Waals surface area contributed by atoms with Crippen LogP contribution in [0.25, 0.3) is 0 Å². The summed E-state index contributed by atoms with van der Waals surface area (Å²) in [5.41, 5.74) is 0.0985. The van der Waals surface area contributed by atoms with Crippen LogP contribution in [0.1, 0.15) is 10.4 Å². The highest BCUT2D eigenvalue weighted by Gasteiger charge is 2.33. The number of rotatable bonds is 5. The molecule has 1 rings (SSSR count). The van der Waals surface area contributed by atoms with Gasteiger partial charge in [0, 0.05) is 32.4 Å². The molecule has 0 aliphatic carbocycles. The van der Waals surface area contributed by atoms with Crippen molar-refractivity contribution in [2.24, 2.45) is 0 Å². The standard InChI is InChI=1S/C12H16F3N3O2/c1-17(2)10-7-9(3-4-16-10)11(20)18(5-6-19)8-12(13,14)15/h3-4,7,19H,5-6,8H2,1-2H3. The third kappa shape index (κ3) is 4.69. The Morgan fingerprint density at radius 3 is 2.55 bits per heavy atom. The number of aliphatic hydroxyl groups excluding tert-OH is 1. The van der Waals surface area contributed by atoms with Gasteiger partial charge < -0.3 is 14.9 Å². The molecule has 1 heterocycles. The molecule has 20 heavy (non-hydrogen) atoms. The van der Waals surface area contributed by atoms with Gasteiger partial charge in [0.15, 0.2) is 0 Å². The van der Waals surface area contributed by atoms with Crippen LogP contribution in [0, 0.1) is 0 Å². The van der Waals surface area contributed by atoms with Crippen molar-refractivity contribution < 1.29 is 23.1 Å². The van der Waals surface area contributed by atoms with E-state index in [9.17, 15) is 18.0 Å². The number of pyridine rings is 1. The van der Waals surface area contributed by atoms with E-state index in [-0.39, 0.29) is 12.1 Å². The second kappa shape index (κ2) is 6.56. The Morgan fingerprint density at radius 2 is 2.05 bits per heavy atom. The first-order valence-electron chi connectivity index (χ1n) is 5.85. The van der Waals surface area contributed by atoms with E-state index in [4.69, 9.17) is 5.11 Å². The number of hydrogen-bond donors (Lipinski definition) is 1. The summed E-state index contributed by atoms with van der Waals surface area (Å²) in [4.78, 5) is 18.2. The molecule has 1 amide bonds. The van der Waals surface area contributed by atoms with Gasteiger partial charge in [0.05, 0.1) is 6.61 Å².